The van der Waals surface area contributed by atoms with Crippen molar-refractivity contribution in [2.45, 2.75) is 110 Å². The van der Waals surface area contributed by atoms with Crippen molar-refractivity contribution >= 4 is 76.1 Å². The summed E-state index contributed by atoms with van der Waals surface area (Å²) in [6.45, 7) is 11.8. The van der Waals surface area contributed by atoms with Crippen molar-refractivity contribution in [3.63, 3.8) is 0 Å². The molecule has 0 saturated carbocycles. The number of aryl methyl sites for hydroxylation is 6. The van der Waals surface area contributed by atoms with Gasteiger partial charge in [-0.2, -0.15) is 25.8 Å². The summed E-state index contributed by atoms with van der Waals surface area (Å²) in [4.78, 5) is 4.59. The summed E-state index contributed by atoms with van der Waals surface area (Å²) in [5, 5.41) is 0. The van der Waals surface area contributed by atoms with Crippen LogP contribution in [0.4, 0.5) is 0 Å². The fourth-order valence-electron chi connectivity index (χ4n) is 11.9. The first-order valence-corrected chi connectivity index (χ1v) is 42.0. The van der Waals surface area contributed by atoms with Crippen molar-refractivity contribution < 1.29 is 50.5 Å². The molecule has 0 amide bonds. The van der Waals surface area contributed by atoms with E-state index in [2.05, 4.69) is 25.7 Å². The molecule has 0 aromatic heterocycles. The van der Waals surface area contributed by atoms with Crippen LogP contribution >= 0.6 is 15.9 Å². The summed E-state index contributed by atoms with van der Waals surface area (Å²) in [6.07, 6.45) is 0.768. The molecule has 97 heavy (non-hydrogen) atoms. The van der Waals surface area contributed by atoms with Gasteiger partial charge in [-0.05, 0) is 170 Å². The van der Waals surface area contributed by atoms with Crippen molar-refractivity contribution in [1.29, 1.82) is 0 Å². The topological polar surface area (TPSA) is 231 Å². The first kappa shape index (κ1) is 75.6. The molecule has 7 aromatic rings. The van der Waals surface area contributed by atoms with E-state index < -0.39 is 60.1 Å². The van der Waals surface area contributed by atoms with Crippen molar-refractivity contribution in [1.82, 2.24) is 35.6 Å². The molecule has 2 fully saturated rings. The van der Waals surface area contributed by atoms with Gasteiger partial charge in [-0.15, -0.1) is 0 Å². The van der Waals surface area contributed by atoms with Crippen LogP contribution in [0, 0.1) is 41.5 Å². The van der Waals surface area contributed by atoms with E-state index >= 15 is 0 Å². The second-order valence-electron chi connectivity index (χ2n) is 25.2. The number of halogens is 1. The average Bonchev–Trinajstić information content (AvgIpc) is 0.823. The lowest BCUT2D eigenvalue weighted by atomic mass is 10.1. The van der Waals surface area contributed by atoms with Crippen LogP contribution in [0.3, 0.4) is 0 Å². The van der Waals surface area contributed by atoms with Gasteiger partial charge in [-0.25, -0.2) is 50.5 Å². The summed E-state index contributed by atoms with van der Waals surface area (Å²) in [5.74, 6) is 0. The molecular weight excluding hydrogens is 1420 g/mol. The van der Waals surface area contributed by atoms with E-state index in [1.165, 1.54) is 50.1 Å². The van der Waals surface area contributed by atoms with E-state index in [0.29, 0.717) is 32.6 Å². The molecular formula is C70H89BrN8O12S6. The molecule has 2 heterocycles. The average molecular weight is 1510 g/mol. The van der Waals surface area contributed by atoms with Gasteiger partial charge in [0.15, 0.2) is 0 Å². The monoisotopic (exact) mass is 1500 g/mol. The normalized spacial score (nSPS) is 18.1. The Balaban J connectivity index is 1.01. The number of benzene rings is 7. The van der Waals surface area contributed by atoms with Gasteiger partial charge in [-0.1, -0.05) is 134 Å². The van der Waals surface area contributed by atoms with Crippen LogP contribution in [-0.2, 0) is 73.2 Å². The third-order valence-corrected chi connectivity index (χ3v) is 30.0. The largest absolute Gasteiger partial charge is 0.298 e. The number of hydrogen-bond acceptors (Lipinski definition) is 14. The van der Waals surface area contributed by atoms with Gasteiger partial charge in [-0.3, -0.25) is 9.80 Å². The van der Waals surface area contributed by atoms with Gasteiger partial charge in [0.25, 0.3) is 0 Å². The van der Waals surface area contributed by atoms with Crippen molar-refractivity contribution in [2.24, 2.45) is 0 Å². The zero-order valence-corrected chi connectivity index (χ0v) is 62.4. The molecule has 0 radical (unpaired) electrons. The minimum atomic E-state index is -4.19. The number of hydrogen-bond donors (Lipinski definition) is 0. The summed E-state index contributed by atoms with van der Waals surface area (Å²) in [7, 11) is -24.9. The van der Waals surface area contributed by atoms with Crippen LogP contribution in [0.2, 0.25) is 0 Å². The van der Waals surface area contributed by atoms with E-state index in [1.807, 2.05) is 59.7 Å². The molecule has 9 rings (SSSR count). The van der Waals surface area contributed by atoms with Crippen LogP contribution < -0.4 is 0 Å². The van der Waals surface area contributed by atoms with Gasteiger partial charge in [0.1, 0.15) is 0 Å². The summed E-state index contributed by atoms with van der Waals surface area (Å²) in [5.41, 5.74) is 6.89. The third kappa shape index (κ3) is 19.3. The molecule has 2 saturated heterocycles. The SMILES string of the molecule is Cc1ccc(S(=O)(=O)N2CCCN(S(=O)(=O)c3ccc(C)cc3)CCN(S(=O)(=O)c3ccc(C)cc3)CCCN(Cc3ccc(CN4CCCN(S(=O)(=O)c5ccc(C)cc5)CCN(S(=O)(=O)c5ccc(C)cc5)CCCN(S(=O)(=O)c5ccc(C)cc5)CC4)c(Br)c3)CC2)cc1. The van der Waals surface area contributed by atoms with E-state index in [9.17, 15) is 50.5 Å². The molecule has 27 heteroatoms. The van der Waals surface area contributed by atoms with Gasteiger partial charge in [0.05, 0.1) is 29.4 Å². The van der Waals surface area contributed by atoms with E-state index in [0.717, 1.165) is 49.0 Å². The van der Waals surface area contributed by atoms with Gasteiger partial charge < -0.3 is 0 Å². The van der Waals surface area contributed by atoms with Gasteiger partial charge in [0, 0.05) is 109 Å². The molecule has 0 aliphatic carbocycles. The van der Waals surface area contributed by atoms with Crippen molar-refractivity contribution in [3.8, 4) is 0 Å². The summed E-state index contributed by atoms with van der Waals surface area (Å²) < 4.78 is 184. The Morgan fingerprint density at radius 1 is 0.258 bits per heavy atom. The molecule has 524 valence electrons. The van der Waals surface area contributed by atoms with E-state index in [1.54, 1.807) is 121 Å². The van der Waals surface area contributed by atoms with Crippen LogP contribution in [-0.4, -0.2) is 191 Å². The molecule has 0 N–H and O–H groups in total. The molecule has 2 aliphatic rings. The van der Waals surface area contributed by atoms with E-state index in [4.69, 9.17) is 0 Å². The van der Waals surface area contributed by atoms with Crippen LogP contribution in [0.1, 0.15) is 70.2 Å². The van der Waals surface area contributed by atoms with Crippen LogP contribution in [0.15, 0.2) is 198 Å². The highest BCUT2D eigenvalue weighted by Crippen LogP contribution is 2.28. The van der Waals surface area contributed by atoms with Gasteiger partial charge >= 0.3 is 0 Å². The predicted octanol–water partition coefficient (Wildman–Crippen LogP) is 9.64. The highest BCUT2D eigenvalue weighted by Gasteiger charge is 2.35. The second-order valence-corrected chi connectivity index (χ2v) is 37.7. The van der Waals surface area contributed by atoms with Crippen molar-refractivity contribution in [3.05, 3.63) is 213 Å². The Bertz CT molecular complexity index is 4520. The highest BCUT2D eigenvalue weighted by molar-refractivity contribution is 9.10. The summed E-state index contributed by atoms with van der Waals surface area (Å²) in [6, 6.07) is 45.0. The Labute approximate surface area is 584 Å². The molecule has 7 aromatic carbocycles. The minimum Gasteiger partial charge on any atom is -0.298 e. The fraction of sp³-hybridized carbons (Fsp3) is 0.400. The molecule has 0 atom stereocenters. The maximum atomic E-state index is 14.7. The smallest absolute Gasteiger partial charge is 0.243 e. The van der Waals surface area contributed by atoms with Crippen LogP contribution in [0.5, 0.6) is 0 Å². The van der Waals surface area contributed by atoms with Crippen LogP contribution in [0.25, 0.3) is 0 Å². The number of rotatable bonds is 16. The third-order valence-electron chi connectivity index (χ3n) is 17.8. The Kier molecular flexibility index (Phi) is 25.6. The lowest BCUT2D eigenvalue weighted by molar-refractivity contribution is 0.222. The van der Waals surface area contributed by atoms with E-state index in [-0.39, 0.29) is 140 Å². The quantitative estimate of drug-likeness (QED) is 0.0877. The molecule has 20 nitrogen and oxygen atoms in total. The molecule has 0 spiro atoms. The lowest BCUT2D eigenvalue weighted by Gasteiger charge is -2.32. The van der Waals surface area contributed by atoms with Gasteiger partial charge in [0.2, 0.25) is 60.1 Å². The standard InChI is InChI=1S/C70H89BrN8O12S6/c1-56-11-25-64(26-12-56)92(80,81)74-41-9-43-78(96(88,89)68-33-19-60(5)20-34-68)51-49-76(94(84,85)66-29-15-58(3)16-30-66)39-7-37-72(45-47-74)54-62-23-24-63(70(71)53-62)55-73-38-8-40-77(95(86,87)67-31-17-59(4)18-32-67)50-52-79(97(90,91)69-35-21-61(6)22-36-69)44-10-42-75(48-46-73)93(82,83)65-27-13-57(2)14-28-65/h11-36,53H,7-10,37-52,54-55H2,1-6H3. The molecule has 0 bridgehead atoms. The molecule has 2 aliphatic heterocycles. The number of nitrogens with zero attached hydrogens (tertiary/aromatic N) is 8. The Morgan fingerprint density at radius 2 is 0.464 bits per heavy atom. The Morgan fingerprint density at radius 3 is 0.691 bits per heavy atom. The maximum absolute atomic E-state index is 14.7. The lowest BCUT2D eigenvalue weighted by Crippen LogP contribution is -2.45. The second kappa shape index (κ2) is 32.8. The minimum absolute atomic E-state index is 0.0141. The molecule has 0 unspecified atom stereocenters. The predicted molar refractivity (Wildman–Crippen MR) is 383 cm³/mol. The summed E-state index contributed by atoms with van der Waals surface area (Å²) >= 11 is 3.88. The number of sulfonamides is 6. The Hall–Kier alpha value is -5.60. The maximum Gasteiger partial charge on any atom is 0.243 e. The zero-order chi connectivity index (χ0) is 69.9. The zero-order valence-electron chi connectivity index (χ0n) is 55.9. The first-order valence-electron chi connectivity index (χ1n) is 32.6. The highest BCUT2D eigenvalue weighted by atomic mass is 79.9. The van der Waals surface area contributed by atoms with Crippen molar-refractivity contribution in [2.75, 3.05) is 105 Å². The fourth-order valence-corrected chi connectivity index (χ4v) is 21.2. The first-order chi connectivity index (χ1) is 45.9.